The lowest BCUT2D eigenvalue weighted by Gasteiger charge is -2.30. The van der Waals surface area contributed by atoms with Crippen molar-refractivity contribution in [1.29, 1.82) is 0 Å². The molecule has 0 bridgehead atoms. The average molecular weight is 394 g/mol. The van der Waals surface area contributed by atoms with Crippen LogP contribution in [-0.4, -0.2) is 39.1 Å². The van der Waals surface area contributed by atoms with E-state index >= 15 is 0 Å². The number of nitrogens with one attached hydrogen (secondary N) is 3. The second kappa shape index (κ2) is 8.39. The van der Waals surface area contributed by atoms with Crippen LogP contribution in [0.25, 0.3) is 0 Å². The molecule has 1 saturated heterocycles. The molecule has 1 saturated carbocycles. The van der Waals surface area contributed by atoms with E-state index in [0.29, 0.717) is 17.5 Å². The normalized spacial score (nSPS) is 23.7. The molecule has 1 heterocycles. The van der Waals surface area contributed by atoms with Gasteiger partial charge in [-0.15, -0.1) is 0 Å². The summed E-state index contributed by atoms with van der Waals surface area (Å²) in [7, 11) is -3.61. The average Bonchev–Trinajstić information content (AvgIpc) is 3.11. The third-order valence-corrected chi connectivity index (χ3v) is 6.06. The van der Waals surface area contributed by atoms with Crippen LogP contribution in [0.3, 0.4) is 0 Å². The third-order valence-electron chi connectivity index (χ3n) is 5.50. The van der Waals surface area contributed by atoms with Gasteiger partial charge in [0.25, 0.3) is 5.91 Å². The summed E-state index contributed by atoms with van der Waals surface area (Å²) >= 11 is 0. The highest BCUT2D eigenvalue weighted by Crippen LogP contribution is 2.36. The highest BCUT2D eigenvalue weighted by molar-refractivity contribution is 7.89. The summed E-state index contributed by atoms with van der Waals surface area (Å²) < 4.78 is 24.2. The summed E-state index contributed by atoms with van der Waals surface area (Å²) in [6.45, 7) is 0.865. The standard InChI is InChI=1S/C19H27N3O4S/c1-27(25,26)22-18(23)14-7-9-15(10-8-14)21-19(24)17-16(11-12-20-17)13-5-3-2-4-6-13/h7-10,13,16-17,20H,2-6,11-12H2,1H3,(H,21,24)(H,22,23)/t16-,17-/m0/s1. The van der Waals surface area contributed by atoms with Gasteiger partial charge in [0.1, 0.15) is 0 Å². The molecule has 2 fully saturated rings. The van der Waals surface area contributed by atoms with Crippen LogP contribution in [0, 0.1) is 11.8 Å². The van der Waals surface area contributed by atoms with Crippen molar-refractivity contribution in [3.8, 4) is 0 Å². The third kappa shape index (κ3) is 5.29. The van der Waals surface area contributed by atoms with E-state index in [0.717, 1.165) is 19.2 Å². The van der Waals surface area contributed by atoms with Gasteiger partial charge >= 0.3 is 0 Å². The van der Waals surface area contributed by atoms with Gasteiger partial charge in [-0.05, 0) is 49.1 Å². The predicted molar refractivity (Wildman–Crippen MR) is 104 cm³/mol. The lowest BCUT2D eigenvalue weighted by molar-refractivity contribution is -0.119. The maximum atomic E-state index is 12.7. The van der Waals surface area contributed by atoms with Gasteiger partial charge in [0, 0.05) is 11.3 Å². The van der Waals surface area contributed by atoms with Crippen LogP contribution >= 0.6 is 0 Å². The molecule has 1 aliphatic heterocycles. The van der Waals surface area contributed by atoms with E-state index in [9.17, 15) is 18.0 Å². The summed E-state index contributed by atoms with van der Waals surface area (Å²) in [4.78, 5) is 24.6. The zero-order valence-electron chi connectivity index (χ0n) is 15.5. The highest BCUT2D eigenvalue weighted by Gasteiger charge is 2.38. The summed E-state index contributed by atoms with van der Waals surface area (Å²) in [5, 5.41) is 6.25. The van der Waals surface area contributed by atoms with Crippen molar-refractivity contribution >= 4 is 27.5 Å². The SMILES string of the molecule is CS(=O)(=O)NC(=O)c1ccc(NC(=O)[C@H]2NCC[C@H]2C2CCCCC2)cc1. The fraction of sp³-hybridized carbons (Fsp3) is 0.579. The number of anilines is 1. The first-order valence-electron chi connectivity index (χ1n) is 9.50. The molecule has 2 atom stereocenters. The van der Waals surface area contributed by atoms with E-state index < -0.39 is 15.9 Å². The van der Waals surface area contributed by atoms with Crippen LogP contribution in [0.1, 0.15) is 48.9 Å². The molecular weight excluding hydrogens is 366 g/mol. The first kappa shape index (κ1) is 19.8. The number of carbonyl (C=O) groups excluding carboxylic acids is 2. The van der Waals surface area contributed by atoms with Crippen molar-refractivity contribution < 1.29 is 18.0 Å². The van der Waals surface area contributed by atoms with Crippen LogP contribution < -0.4 is 15.4 Å². The van der Waals surface area contributed by atoms with E-state index in [1.807, 2.05) is 4.72 Å². The molecule has 1 aromatic rings. The lowest BCUT2D eigenvalue weighted by Crippen LogP contribution is -2.42. The number of benzene rings is 1. The van der Waals surface area contributed by atoms with Crippen LogP contribution in [-0.2, 0) is 14.8 Å². The first-order valence-corrected chi connectivity index (χ1v) is 11.4. The lowest BCUT2D eigenvalue weighted by atomic mass is 9.76. The number of hydrogen-bond acceptors (Lipinski definition) is 5. The number of carbonyl (C=O) groups is 2. The van der Waals surface area contributed by atoms with Gasteiger partial charge in [-0.2, -0.15) is 0 Å². The number of rotatable bonds is 5. The Balaban J connectivity index is 1.61. The molecule has 1 aliphatic carbocycles. The molecule has 8 heteroatoms. The Bertz CT molecular complexity index is 786. The Morgan fingerprint density at radius 2 is 1.70 bits per heavy atom. The Kier molecular flexibility index (Phi) is 6.16. The quantitative estimate of drug-likeness (QED) is 0.708. The summed E-state index contributed by atoms with van der Waals surface area (Å²) in [6, 6.07) is 6.04. The molecule has 1 aromatic carbocycles. The smallest absolute Gasteiger partial charge is 0.264 e. The second-order valence-electron chi connectivity index (χ2n) is 7.55. The highest BCUT2D eigenvalue weighted by atomic mass is 32.2. The van der Waals surface area contributed by atoms with Gasteiger partial charge in [0.15, 0.2) is 0 Å². The van der Waals surface area contributed by atoms with Crippen LogP contribution in [0.4, 0.5) is 5.69 Å². The molecule has 0 radical (unpaired) electrons. The van der Waals surface area contributed by atoms with Crippen molar-refractivity contribution in [1.82, 2.24) is 10.0 Å². The van der Waals surface area contributed by atoms with Crippen molar-refractivity contribution in [2.24, 2.45) is 11.8 Å². The maximum Gasteiger partial charge on any atom is 0.264 e. The second-order valence-corrected chi connectivity index (χ2v) is 9.30. The van der Waals surface area contributed by atoms with Gasteiger partial charge in [0.2, 0.25) is 15.9 Å². The van der Waals surface area contributed by atoms with Gasteiger partial charge in [-0.1, -0.05) is 32.1 Å². The monoisotopic (exact) mass is 393 g/mol. The Morgan fingerprint density at radius 1 is 1.04 bits per heavy atom. The number of amides is 2. The van der Waals surface area contributed by atoms with E-state index in [4.69, 9.17) is 0 Å². The Hall–Kier alpha value is -1.93. The molecule has 0 unspecified atom stereocenters. The van der Waals surface area contributed by atoms with Gasteiger partial charge in [-0.3, -0.25) is 9.59 Å². The molecule has 3 N–H and O–H groups in total. The zero-order valence-corrected chi connectivity index (χ0v) is 16.3. The fourth-order valence-electron chi connectivity index (χ4n) is 4.23. The molecule has 3 rings (SSSR count). The van der Waals surface area contributed by atoms with Crippen molar-refractivity contribution in [3.05, 3.63) is 29.8 Å². The fourth-order valence-corrected chi connectivity index (χ4v) is 4.69. The number of hydrogen-bond donors (Lipinski definition) is 3. The largest absolute Gasteiger partial charge is 0.325 e. The summed E-state index contributed by atoms with van der Waals surface area (Å²) in [5.74, 6) is 0.262. The van der Waals surface area contributed by atoms with Crippen molar-refractivity contribution in [2.45, 2.75) is 44.6 Å². The molecule has 0 aromatic heterocycles. The van der Waals surface area contributed by atoms with E-state index in [-0.39, 0.29) is 17.5 Å². The number of sulfonamides is 1. The summed E-state index contributed by atoms with van der Waals surface area (Å²) in [6.07, 6.45) is 8.19. The first-order chi connectivity index (χ1) is 12.8. The molecule has 0 spiro atoms. The Labute approximate surface area is 160 Å². The molecule has 2 aliphatic rings. The van der Waals surface area contributed by atoms with Crippen LogP contribution in [0.5, 0.6) is 0 Å². The summed E-state index contributed by atoms with van der Waals surface area (Å²) in [5.41, 5.74) is 0.810. The zero-order chi connectivity index (χ0) is 19.4. The molecular formula is C19H27N3O4S. The minimum absolute atomic E-state index is 0.0450. The van der Waals surface area contributed by atoms with E-state index in [1.54, 1.807) is 12.1 Å². The van der Waals surface area contributed by atoms with Gasteiger partial charge in [-0.25, -0.2) is 13.1 Å². The molecule has 148 valence electrons. The van der Waals surface area contributed by atoms with Crippen molar-refractivity contribution in [3.63, 3.8) is 0 Å². The van der Waals surface area contributed by atoms with Crippen molar-refractivity contribution in [2.75, 3.05) is 18.1 Å². The minimum atomic E-state index is -3.61. The maximum absolute atomic E-state index is 12.7. The minimum Gasteiger partial charge on any atom is -0.325 e. The molecule has 7 nitrogen and oxygen atoms in total. The van der Waals surface area contributed by atoms with Crippen LogP contribution in [0.2, 0.25) is 0 Å². The van der Waals surface area contributed by atoms with E-state index in [2.05, 4.69) is 10.6 Å². The predicted octanol–water partition coefficient (Wildman–Crippen LogP) is 1.87. The Morgan fingerprint density at radius 3 is 2.33 bits per heavy atom. The van der Waals surface area contributed by atoms with E-state index in [1.165, 1.54) is 44.2 Å². The molecule has 2 amide bonds. The molecule has 27 heavy (non-hydrogen) atoms. The van der Waals surface area contributed by atoms with Gasteiger partial charge < -0.3 is 10.6 Å². The van der Waals surface area contributed by atoms with Crippen LogP contribution in [0.15, 0.2) is 24.3 Å². The topological polar surface area (TPSA) is 104 Å². The van der Waals surface area contributed by atoms with Gasteiger partial charge in [0.05, 0.1) is 12.3 Å².